The van der Waals surface area contributed by atoms with Gasteiger partial charge in [0.2, 0.25) is 11.8 Å². The highest BCUT2D eigenvalue weighted by Crippen LogP contribution is 2.33. The molecule has 1 aromatic rings. The van der Waals surface area contributed by atoms with Gasteiger partial charge in [-0.15, -0.1) is 24.2 Å². The summed E-state index contributed by atoms with van der Waals surface area (Å²) in [6, 6.07) is 5.64. The lowest BCUT2D eigenvalue weighted by Crippen LogP contribution is -2.54. The second kappa shape index (κ2) is 6.89. The first-order valence-electron chi connectivity index (χ1n) is 7.20. The van der Waals surface area contributed by atoms with E-state index in [1.807, 2.05) is 25.1 Å². The Hall–Kier alpha value is -1.24. The number of carbonyl (C=O) groups excluding carboxylic acids is 2. The lowest BCUT2D eigenvalue weighted by Gasteiger charge is -2.33. The maximum atomic E-state index is 12.5. The van der Waals surface area contributed by atoms with Crippen LogP contribution in [0.2, 0.25) is 0 Å². The summed E-state index contributed by atoms with van der Waals surface area (Å²) in [5.74, 6) is 0.426. The normalized spacial score (nSPS) is 23.8. The number of benzene rings is 1. The Morgan fingerprint density at radius 3 is 2.91 bits per heavy atom. The van der Waals surface area contributed by atoms with Gasteiger partial charge in [-0.25, -0.2) is 0 Å². The summed E-state index contributed by atoms with van der Waals surface area (Å²) < 4.78 is 0. The van der Waals surface area contributed by atoms with Crippen LogP contribution in [0.15, 0.2) is 23.1 Å². The van der Waals surface area contributed by atoms with Gasteiger partial charge in [0.1, 0.15) is 0 Å². The van der Waals surface area contributed by atoms with E-state index in [1.54, 1.807) is 0 Å². The zero-order valence-electron chi connectivity index (χ0n) is 12.4. The third-order valence-corrected chi connectivity index (χ3v) is 5.06. The molecule has 1 fully saturated rings. The Morgan fingerprint density at radius 2 is 2.18 bits per heavy atom. The second-order valence-electron chi connectivity index (χ2n) is 5.72. The van der Waals surface area contributed by atoms with Gasteiger partial charge in [0, 0.05) is 10.6 Å². The molecule has 0 saturated carbocycles. The van der Waals surface area contributed by atoms with Crippen molar-refractivity contribution in [3.05, 3.63) is 18.2 Å². The van der Waals surface area contributed by atoms with E-state index >= 15 is 0 Å². The summed E-state index contributed by atoms with van der Waals surface area (Å²) in [5.41, 5.74) is 0.984. The van der Waals surface area contributed by atoms with Crippen LogP contribution in [0.4, 0.5) is 11.4 Å². The number of hydrogen-bond acceptors (Lipinski definition) is 4. The molecule has 2 amide bonds. The van der Waals surface area contributed by atoms with Crippen molar-refractivity contribution in [2.45, 2.75) is 36.6 Å². The topological polar surface area (TPSA) is 70.2 Å². The summed E-state index contributed by atoms with van der Waals surface area (Å²) in [5, 5.41) is 9.09. The fourth-order valence-electron chi connectivity index (χ4n) is 2.68. The molecule has 2 aliphatic rings. The van der Waals surface area contributed by atoms with Crippen LogP contribution in [0.3, 0.4) is 0 Å². The molecule has 2 aliphatic heterocycles. The van der Waals surface area contributed by atoms with Crippen LogP contribution in [-0.4, -0.2) is 29.7 Å². The Bertz CT molecular complexity index is 588. The van der Waals surface area contributed by atoms with Crippen LogP contribution >= 0.6 is 24.2 Å². The van der Waals surface area contributed by atoms with Gasteiger partial charge >= 0.3 is 0 Å². The van der Waals surface area contributed by atoms with Gasteiger partial charge in [0.05, 0.1) is 17.0 Å². The minimum atomic E-state index is -0.508. The molecule has 0 aliphatic carbocycles. The Labute approximate surface area is 140 Å². The van der Waals surface area contributed by atoms with E-state index in [2.05, 4.69) is 16.0 Å². The molecule has 0 spiro atoms. The average molecular weight is 342 g/mol. The second-order valence-corrected chi connectivity index (χ2v) is 6.74. The molecule has 2 heterocycles. The van der Waals surface area contributed by atoms with Gasteiger partial charge in [-0.2, -0.15) is 0 Å². The molecule has 1 saturated heterocycles. The molecule has 5 nitrogen and oxygen atoms in total. The first-order chi connectivity index (χ1) is 10.1. The maximum absolute atomic E-state index is 12.5. The van der Waals surface area contributed by atoms with Crippen molar-refractivity contribution in [3.63, 3.8) is 0 Å². The van der Waals surface area contributed by atoms with E-state index in [9.17, 15) is 9.59 Å². The van der Waals surface area contributed by atoms with Crippen molar-refractivity contribution in [1.29, 1.82) is 0 Å². The molecule has 1 aromatic carbocycles. The van der Waals surface area contributed by atoms with Crippen molar-refractivity contribution in [3.8, 4) is 0 Å². The average Bonchev–Trinajstić information content (AvgIpc) is 2.47. The Morgan fingerprint density at radius 1 is 1.36 bits per heavy atom. The van der Waals surface area contributed by atoms with E-state index in [-0.39, 0.29) is 24.2 Å². The maximum Gasteiger partial charge on any atom is 0.244 e. The van der Waals surface area contributed by atoms with Crippen molar-refractivity contribution in [2.75, 3.05) is 22.9 Å². The number of carbonyl (C=O) groups is 2. The van der Waals surface area contributed by atoms with Crippen molar-refractivity contribution < 1.29 is 9.59 Å². The van der Waals surface area contributed by atoms with Crippen molar-refractivity contribution in [1.82, 2.24) is 5.32 Å². The highest BCUT2D eigenvalue weighted by Gasteiger charge is 2.34. The minimum absolute atomic E-state index is 0. The summed E-state index contributed by atoms with van der Waals surface area (Å²) in [6.45, 7) is 2.82. The Balaban J connectivity index is 0.00000176. The summed E-state index contributed by atoms with van der Waals surface area (Å²) in [6.07, 6.45) is 3.02. The number of piperidine rings is 1. The van der Waals surface area contributed by atoms with Gasteiger partial charge in [-0.05, 0) is 50.9 Å². The number of hydrogen-bond donors (Lipinski definition) is 3. The number of amides is 2. The zero-order valence-corrected chi connectivity index (χ0v) is 14.0. The van der Waals surface area contributed by atoms with Gasteiger partial charge in [-0.3, -0.25) is 9.59 Å². The van der Waals surface area contributed by atoms with E-state index in [0.29, 0.717) is 5.75 Å². The molecule has 0 bridgehead atoms. The minimum Gasteiger partial charge on any atom is -0.324 e. The van der Waals surface area contributed by atoms with E-state index in [0.717, 1.165) is 42.1 Å². The van der Waals surface area contributed by atoms with E-state index in [4.69, 9.17) is 0 Å². The van der Waals surface area contributed by atoms with E-state index < -0.39 is 5.54 Å². The van der Waals surface area contributed by atoms with Gasteiger partial charge < -0.3 is 16.0 Å². The number of anilines is 2. The van der Waals surface area contributed by atoms with Crippen LogP contribution < -0.4 is 16.0 Å². The number of thioether (sulfide) groups is 1. The molecule has 1 unspecified atom stereocenters. The molecule has 7 heteroatoms. The van der Waals surface area contributed by atoms with Gasteiger partial charge in [-0.1, -0.05) is 0 Å². The number of nitrogens with one attached hydrogen (secondary N) is 3. The number of halogens is 1. The third-order valence-electron chi connectivity index (χ3n) is 3.99. The first kappa shape index (κ1) is 17.1. The monoisotopic (exact) mass is 341 g/mol. The quantitative estimate of drug-likeness (QED) is 0.773. The summed E-state index contributed by atoms with van der Waals surface area (Å²) >= 11 is 1.51. The van der Waals surface area contributed by atoms with Crippen LogP contribution in [-0.2, 0) is 9.59 Å². The highest BCUT2D eigenvalue weighted by molar-refractivity contribution is 8.00. The van der Waals surface area contributed by atoms with E-state index in [1.165, 1.54) is 11.8 Å². The number of rotatable bonds is 2. The molecule has 0 radical (unpaired) electrons. The molecule has 3 rings (SSSR count). The van der Waals surface area contributed by atoms with Gasteiger partial charge in [0.15, 0.2) is 0 Å². The molecule has 22 heavy (non-hydrogen) atoms. The third kappa shape index (κ3) is 3.56. The van der Waals surface area contributed by atoms with Crippen molar-refractivity contribution in [2.24, 2.45) is 0 Å². The van der Waals surface area contributed by atoms with Crippen LogP contribution in [0.25, 0.3) is 0 Å². The Kier molecular flexibility index (Phi) is 5.36. The summed E-state index contributed by atoms with van der Waals surface area (Å²) in [7, 11) is 0. The van der Waals surface area contributed by atoms with Crippen LogP contribution in [0.5, 0.6) is 0 Å². The molecular weight excluding hydrogens is 322 g/mol. The lowest BCUT2D eigenvalue weighted by molar-refractivity contribution is -0.122. The molecule has 0 aromatic heterocycles. The molecule has 1 atom stereocenters. The smallest absolute Gasteiger partial charge is 0.244 e. The standard InChI is InChI=1S/C15H19N3O2S.ClH/c1-15(6-2-3-7-16-15)14(20)17-10-4-5-12-11(8-10)18-13(19)9-21-12;/h4-5,8,16H,2-3,6-7,9H2,1H3,(H,17,20)(H,18,19);1H. The molecule has 120 valence electrons. The van der Waals surface area contributed by atoms with Crippen LogP contribution in [0.1, 0.15) is 26.2 Å². The zero-order chi connectivity index (χ0) is 14.9. The predicted octanol–water partition coefficient (Wildman–Crippen LogP) is 2.62. The number of fused-ring (bicyclic) bond motifs is 1. The SMILES string of the molecule is CC1(C(=O)Nc2ccc3c(c2)NC(=O)CS3)CCCCN1.Cl. The largest absolute Gasteiger partial charge is 0.324 e. The van der Waals surface area contributed by atoms with Crippen LogP contribution in [0, 0.1) is 0 Å². The first-order valence-corrected chi connectivity index (χ1v) is 8.19. The van der Waals surface area contributed by atoms with Crippen molar-refractivity contribution >= 4 is 47.4 Å². The molecular formula is C15H20ClN3O2S. The fraction of sp³-hybridized carbons (Fsp3) is 0.467. The lowest BCUT2D eigenvalue weighted by atomic mass is 9.90. The fourth-order valence-corrected chi connectivity index (χ4v) is 3.47. The molecule has 3 N–H and O–H groups in total. The highest BCUT2D eigenvalue weighted by atomic mass is 35.5. The summed E-state index contributed by atoms with van der Waals surface area (Å²) in [4.78, 5) is 24.9. The predicted molar refractivity (Wildman–Crippen MR) is 91.9 cm³/mol. The van der Waals surface area contributed by atoms with Gasteiger partial charge in [0.25, 0.3) is 0 Å².